The van der Waals surface area contributed by atoms with Crippen molar-refractivity contribution < 1.29 is 14.3 Å². The molecule has 2 amide bonds. The molecule has 5 nitrogen and oxygen atoms in total. The van der Waals surface area contributed by atoms with Crippen LogP contribution in [0.3, 0.4) is 0 Å². The van der Waals surface area contributed by atoms with E-state index < -0.39 is 6.04 Å². The number of rotatable bonds is 10. The van der Waals surface area contributed by atoms with Crippen molar-refractivity contribution in [1.82, 2.24) is 10.2 Å². The second kappa shape index (κ2) is 11.8. The van der Waals surface area contributed by atoms with Crippen molar-refractivity contribution in [2.45, 2.75) is 52.2 Å². The molecule has 2 atom stereocenters. The average molecular weight is 451 g/mol. The van der Waals surface area contributed by atoms with E-state index in [4.69, 9.17) is 27.9 Å². The lowest BCUT2D eigenvalue weighted by Crippen LogP contribution is -2.51. The number of carbonyl (C=O) groups excluding carboxylic acids is 2. The SMILES string of the molecule is CC[C@H](C(=O)N[C@@H](C)CC)N(Cc1ccc(Cl)c(Cl)c1)C(=O)COc1ccccc1. The van der Waals surface area contributed by atoms with Gasteiger partial charge in [0.05, 0.1) is 10.0 Å². The van der Waals surface area contributed by atoms with Gasteiger partial charge in [0.1, 0.15) is 11.8 Å². The molecule has 7 heteroatoms. The lowest BCUT2D eigenvalue weighted by atomic mass is 10.1. The average Bonchev–Trinajstić information content (AvgIpc) is 2.75. The zero-order valence-corrected chi connectivity index (χ0v) is 19.0. The normalized spacial score (nSPS) is 12.7. The molecule has 2 rings (SSSR count). The van der Waals surface area contributed by atoms with Crippen molar-refractivity contribution in [3.8, 4) is 5.75 Å². The van der Waals surface area contributed by atoms with Crippen LogP contribution < -0.4 is 10.1 Å². The monoisotopic (exact) mass is 450 g/mol. The highest BCUT2D eigenvalue weighted by Gasteiger charge is 2.29. The fourth-order valence-corrected chi connectivity index (χ4v) is 3.26. The predicted octanol–water partition coefficient (Wildman–Crippen LogP) is 5.09. The molecule has 0 bridgehead atoms. The summed E-state index contributed by atoms with van der Waals surface area (Å²) in [6.07, 6.45) is 1.28. The minimum absolute atomic E-state index is 0.0223. The van der Waals surface area contributed by atoms with Gasteiger partial charge in [0.25, 0.3) is 5.91 Å². The lowest BCUT2D eigenvalue weighted by Gasteiger charge is -2.31. The molecular weight excluding hydrogens is 423 g/mol. The van der Waals surface area contributed by atoms with Crippen LogP contribution in [-0.2, 0) is 16.1 Å². The number of hydrogen-bond donors (Lipinski definition) is 1. The molecule has 0 aliphatic rings. The summed E-state index contributed by atoms with van der Waals surface area (Å²) in [7, 11) is 0. The van der Waals surface area contributed by atoms with Gasteiger partial charge >= 0.3 is 0 Å². The van der Waals surface area contributed by atoms with Crippen molar-refractivity contribution in [1.29, 1.82) is 0 Å². The highest BCUT2D eigenvalue weighted by molar-refractivity contribution is 6.42. The molecule has 0 aromatic heterocycles. The summed E-state index contributed by atoms with van der Waals surface area (Å²) in [5.41, 5.74) is 0.784. The van der Waals surface area contributed by atoms with E-state index >= 15 is 0 Å². The maximum Gasteiger partial charge on any atom is 0.261 e. The number of para-hydroxylation sites is 1. The van der Waals surface area contributed by atoms with Gasteiger partial charge in [-0.25, -0.2) is 0 Å². The Bertz CT molecular complexity index is 846. The number of hydrogen-bond acceptors (Lipinski definition) is 3. The van der Waals surface area contributed by atoms with E-state index in [0.717, 1.165) is 12.0 Å². The number of ether oxygens (including phenoxy) is 1. The van der Waals surface area contributed by atoms with Gasteiger partial charge in [0.2, 0.25) is 5.91 Å². The molecule has 0 aliphatic carbocycles. The van der Waals surface area contributed by atoms with Gasteiger partial charge in [-0.3, -0.25) is 9.59 Å². The molecule has 30 heavy (non-hydrogen) atoms. The molecule has 0 fully saturated rings. The lowest BCUT2D eigenvalue weighted by molar-refractivity contribution is -0.143. The maximum atomic E-state index is 13.1. The molecule has 162 valence electrons. The molecule has 1 N–H and O–H groups in total. The second-order valence-corrected chi connectivity index (χ2v) is 7.93. The van der Waals surface area contributed by atoms with Crippen LogP contribution >= 0.6 is 23.2 Å². The third-order valence-electron chi connectivity index (χ3n) is 4.83. The standard InChI is InChI=1S/C23H28Cl2N2O3/c1-4-16(3)26-23(29)21(5-2)27(14-17-11-12-19(24)20(25)13-17)22(28)15-30-18-9-7-6-8-10-18/h6-13,16,21H,4-5,14-15H2,1-3H3,(H,26,29)/t16-,21+/m0/s1. The van der Waals surface area contributed by atoms with Crippen LogP contribution in [-0.4, -0.2) is 35.4 Å². The summed E-state index contributed by atoms with van der Waals surface area (Å²) >= 11 is 12.2. The van der Waals surface area contributed by atoms with E-state index in [1.165, 1.54) is 0 Å². The first kappa shape index (κ1) is 24.0. The predicted molar refractivity (Wildman–Crippen MR) is 121 cm³/mol. The van der Waals surface area contributed by atoms with Gasteiger partial charge in [0, 0.05) is 12.6 Å². The molecule has 0 unspecified atom stereocenters. The first-order valence-electron chi connectivity index (χ1n) is 10.1. The van der Waals surface area contributed by atoms with Crippen molar-refractivity contribution in [3.63, 3.8) is 0 Å². The quantitative estimate of drug-likeness (QED) is 0.547. The van der Waals surface area contributed by atoms with Crippen molar-refractivity contribution >= 4 is 35.0 Å². The molecule has 2 aromatic carbocycles. The summed E-state index contributed by atoms with van der Waals surface area (Å²) in [5, 5.41) is 3.81. The van der Waals surface area contributed by atoms with Crippen molar-refractivity contribution in [3.05, 3.63) is 64.1 Å². The number of carbonyl (C=O) groups is 2. The Hall–Kier alpha value is -2.24. The fraction of sp³-hybridized carbons (Fsp3) is 0.391. The van der Waals surface area contributed by atoms with Crippen molar-refractivity contribution in [2.24, 2.45) is 0 Å². The molecule has 0 saturated heterocycles. The molecule has 0 heterocycles. The number of halogens is 2. The van der Waals surface area contributed by atoms with Gasteiger partial charge in [-0.1, -0.05) is 61.3 Å². The Kier molecular flexibility index (Phi) is 9.47. The summed E-state index contributed by atoms with van der Waals surface area (Å²) in [6, 6.07) is 13.7. The smallest absolute Gasteiger partial charge is 0.261 e. The Labute approximate surface area is 188 Å². The molecular formula is C23H28Cl2N2O3. The number of nitrogens with zero attached hydrogens (tertiary/aromatic N) is 1. The van der Waals surface area contributed by atoms with E-state index in [1.54, 1.807) is 35.2 Å². The third kappa shape index (κ3) is 6.92. The Morgan fingerprint density at radius 1 is 1.03 bits per heavy atom. The van der Waals surface area contributed by atoms with Gasteiger partial charge in [-0.15, -0.1) is 0 Å². The zero-order chi connectivity index (χ0) is 22.1. The first-order chi connectivity index (χ1) is 14.3. The van der Waals surface area contributed by atoms with E-state index in [2.05, 4.69) is 5.32 Å². The number of amides is 2. The van der Waals surface area contributed by atoms with E-state index in [0.29, 0.717) is 22.2 Å². The molecule has 0 radical (unpaired) electrons. The van der Waals surface area contributed by atoms with Crippen LogP contribution in [0.4, 0.5) is 0 Å². The molecule has 0 aliphatic heterocycles. The molecule has 0 spiro atoms. The van der Waals surface area contributed by atoms with Gasteiger partial charge < -0.3 is 15.0 Å². The van der Waals surface area contributed by atoms with Crippen LogP contribution in [0.25, 0.3) is 0 Å². The van der Waals surface area contributed by atoms with Crippen LogP contribution in [0.15, 0.2) is 48.5 Å². The highest BCUT2D eigenvalue weighted by Crippen LogP contribution is 2.24. The molecule has 2 aromatic rings. The van der Waals surface area contributed by atoms with E-state index in [-0.39, 0.29) is 31.0 Å². The minimum atomic E-state index is -0.625. The van der Waals surface area contributed by atoms with Crippen LogP contribution in [0.5, 0.6) is 5.75 Å². The topological polar surface area (TPSA) is 58.6 Å². The molecule has 0 saturated carbocycles. The largest absolute Gasteiger partial charge is 0.484 e. The third-order valence-corrected chi connectivity index (χ3v) is 5.57. The Morgan fingerprint density at radius 3 is 2.33 bits per heavy atom. The summed E-state index contributed by atoms with van der Waals surface area (Å²) in [5.74, 6) is 0.133. The summed E-state index contributed by atoms with van der Waals surface area (Å²) in [4.78, 5) is 27.5. The number of benzene rings is 2. The summed E-state index contributed by atoms with van der Waals surface area (Å²) in [6.45, 7) is 5.87. The van der Waals surface area contributed by atoms with E-state index in [9.17, 15) is 9.59 Å². The first-order valence-corrected chi connectivity index (χ1v) is 10.8. The Morgan fingerprint density at radius 2 is 1.73 bits per heavy atom. The Balaban J connectivity index is 2.23. The number of nitrogens with one attached hydrogen (secondary N) is 1. The van der Waals surface area contributed by atoms with Gasteiger partial charge in [-0.2, -0.15) is 0 Å². The van der Waals surface area contributed by atoms with Gasteiger partial charge in [-0.05, 0) is 49.6 Å². The zero-order valence-electron chi connectivity index (χ0n) is 17.5. The van der Waals surface area contributed by atoms with Crippen molar-refractivity contribution in [2.75, 3.05) is 6.61 Å². The minimum Gasteiger partial charge on any atom is -0.484 e. The van der Waals surface area contributed by atoms with Crippen LogP contribution in [0.2, 0.25) is 10.0 Å². The van der Waals surface area contributed by atoms with Crippen LogP contribution in [0.1, 0.15) is 39.2 Å². The maximum absolute atomic E-state index is 13.1. The fourth-order valence-electron chi connectivity index (χ4n) is 2.94. The highest BCUT2D eigenvalue weighted by atomic mass is 35.5. The summed E-state index contributed by atoms with van der Waals surface area (Å²) < 4.78 is 5.64. The van der Waals surface area contributed by atoms with Crippen LogP contribution in [0, 0.1) is 0 Å². The van der Waals surface area contributed by atoms with Gasteiger partial charge in [0.15, 0.2) is 6.61 Å². The van der Waals surface area contributed by atoms with E-state index in [1.807, 2.05) is 39.0 Å². The second-order valence-electron chi connectivity index (χ2n) is 7.11.